The third kappa shape index (κ3) is 4.00. The molecule has 4 aromatic rings. The normalized spacial score (nSPS) is 11.2. The van der Waals surface area contributed by atoms with Gasteiger partial charge in [-0.05, 0) is 40.2 Å². The van der Waals surface area contributed by atoms with Gasteiger partial charge in [0.1, 0.15) is 16.4 Å². The summed E-state index contributed by atoms with van der Waals surface area (Å²) in [6, 6.07) is 5.01. The minimum Gasteiger partial charge on any atom is -0.274 e. The van der Waals surface area contributed by atoms with Gasteiger partial charge in [-0.1, -0.05) is 11.8 Å². The van der Waals surface area contributed by atoms with E-state index in [0.29, 0.717) is 15.7 Å². The van der Waals surface area contributed by atoms with E-state index in [1.165, 1.54) is 18.5 Å². The van der Waals surface area contributed by atoms with Crippen molar-refractivity contribution in [3.63, 3.8) is 0 Å². The Morgan fingerprint density at radius 3 is 2.70 bits per heavy atom. The molecule has 0 saturated heterocycles. The first-order chi connectivity index (χ1) is 14.3. The topological polar surface area (TPSA) is 101 Å². The minimum atomic E-state index is -4.27. The monoisotopic (exact) mass is 489 g/mol. The van der Waals surface area contributed by atoms with Crippen molar-refractivity contribution in [2.24, 2.45) is 0 Å². The number of benzene rings is 1. The van der Waals surface area contributed by atoms with Gasteiger partial charge in [0.15, 0.2) is 11.5 Å². The van der Waals surface area contributed by atoms with E-state index >= 15 is 0 Å². The fourth-order valence-electron chi connectivity index (χ4n) is 2.52. The number of rotatable bonds is 3. The van der Waals surface area contributed by atoms with Crippen molar-refractivity contribution in [1.82, 2.24) is 20.2 Å². The first-order valence-corrected chi connectivity index (χ1v) is 10.5. The Morgan fingerprint density at radius 2 is 1.90 bits per heavy atom. The van der Waals surface area contributed by atoms with E-state index in [2.05, 4.69) is 47.9 Å². The van der Waals surface area contributed by atoms with Crippen LogP contribution in [0.3, 0.4) is 0 Å². The molecule has 30 heavy (non-hydrogen) atoms. The highest BCUT2D eigenvalue weighted by molar-refractivity contribution is 9.10. The van der Waals surface area contributed by atoms with Crippen LogP contribution in [-0.2, 0) is 10.0 Å². The summed E-state index contributed by atoms with van der Waals surface area (Å²) in [4.78, 5) is 7.61. The molecule has 0 radical (unpaired) electrons. The number of hydrogen-bond acceptors (Lipinski definition) is 5. The molecule has 0 amide bonds. The van der Waals surface area contributed by atoms with Crippen LogP contribution in [0.15, 0.2) is 58.4 Å². The first kappa shape index (κ1) is 19.9. The van der Waals surface area contributed by atoms with Crippen LogP contribution < -0.4 is 4.72 Å². The van der Waals surface area contributed by atoms with E-state index in [4.69, 9.17) is 0 Å². The Labute approximate surface area is 177 Å². The molecule has 0 fully saturated rings. The largest absolute Gasteiger partial charge is 0.274 e. The number of pyridine rings is 2. The van der Waals surface area contributed by atoms with Gasteiger partial charge in [-0.2, -0.15) is 5.10 Å². The number of aromatic nitrogens is 4. The van der Waals surface area contributed by atoms with Gasteiger partial charge in [-0.25, -0.2) is 22.2 Å². The standard InChI is InChI=1S/C19H10BrF2N5O2S/c20-14-6-15(10-23-9-14)30(28,29)27-18-16(21)4-3-12(17(18)22)2-1-11-5-13-8-25-26-19(13)24-7-11/h3-10,27H,(H,24,25,26). The van der Waals surface area contributed by atoms with Gasteiger partial charge < -0.3 is 0 Å². The lowest BCUT2D eigenvalue weighted by Crippen LogP contribution is -2.16. The quantitative estimate of drug-likeness (QED) is 0.428. The maximum absolute atomic E-state index is 14.8. The minimum absolute atomic E-state index is 0.186. The molecule has 1 aromatic carbocycles. The highest BCUT2D eigenvalue weighted by atomic mass is 79.9. The number of nitrogens with zero attached hydrogens (tertiary/aromatic N) is 3. The van der Waals surface area contributed by atoms with Gasteiger partial charge in [0.2, 0.25) is 0 Å². The third-order valence-electron chi connectivity index (χ3n) is 3.95. The fourth-order valence-corrected chi connectivity index (χ4v) is 4.09. The molecule has 150 valence electrons. The summed E-state index contributed by atoms with van der Waals surface area (Å²) in [5.41, 5.74) is 0.0427. The SMILES string of the molecule is O=S(=O)(Nc1c(F)ccc(C#Cc2cnc3[nH]ncc3c2)c1F)c1cncc(Br)c1. The van der Waals surface area contributed by atoms with E-state index in [9.17, 15) is 17.2 Å². The van der Waals surface area contributed by atoms with E-state index in [-0.39, 0.29) is 10.5 Å². The summed E-state index contributed by atoms with van der Waals surface area (Å²) in [5, 5.41) is 7.27. The number of hydrogen-bond donors (Lipinski definition) is 2. The molecular weight excluding hydrogens is 480 g/mol. The highest BCUT2D eigenvalue weighted by Gasteiger charge is 2.21. The fraction of sp³-hybridized carbons (Fsp3) is 0. The number of aromatic amines is 1. The number of anilines is 1. The van der Waals surface area contributed by atoms with Crippen molar-refractivity contribution in [3.05, 3.63) is 76.3 Å². The second-order valence-electron chi connectivity index (χ2n) is 6.01. The van der Waals surface area contributed by atoms with E-state index in [0.717, 1.165) is 23.7 Å². The first-order valence-electron chi connectivity index (χ1n) is 8.26. The summed E-state index contributed by atoms with van der Waals surface area (Å²) in [5.74, 6) is 3.08. The predicted molar refractivity (Wildman–Crippen MR) is 109 cm³/mol. The van der Waals surface area contributed by atoms with Crippen LogP contribution >= 0.6 is 15.9 Å². The highest BCUT2D eigenvalue weighted by Crippen LogP contribution is 2.25. The molecular formula is C19H10BrF2N5O2S. The molecule has 0 aliphatic carbocycles. The van der Waals surface area contributed by atoms with Gasteiger partial charge in [-0.15, -0.1) is 0 Å². The average molecular weight is 490 g/mol. The Kier molecular flexibility index (Phi) is 5.19. The van der Waals surface area contributed by atoms with Gasteiger partial charge in [0, 0.05) is 34.0 Å². The Bertz CT molecular complexity index is 1440. The van der Waals surface area contributed by atoms with Crippen molar-refractivity contribution in [2.75, 3.05) is 4.72 Å². The lowest BCUT2D eigenvalue weighted by molar-refractivity contribution is 0.581. The van der Waals surface area contributed by atoms with Gasteiger partial charge in [0.25, 0.3) is 10.0 Å². The zero-order valence-corrected chi connectivity index (χ0v) is 17.2. The van der Waals surface area contributed by atoms with Gasteiger partial charge in [-0.3, -0.25) is 14.8 Å². The van der Waals surface area contributed by atoms with E-state index < -0.39 is 27.3 Å². The van der Waals surface area contributed by atoms with Crippen LogP contribution in [0.2, 0.25) is 0 Å². The Hall–Kier alpha value is -3.36. The zero-order chi connectivity index (χ0) is 21.3. The molecule has 0 spiro atoms. The van der Waals surface area contributed by atoms with Crippen molar-refractivity contribution in [1.29, 1.82) is 0 Å². The number of sulfonamides is 1. The molecule has 0 aliphatic heterocycles. The molecule has 4 rings (SSSR count). The molecule has 3 aromatic heterocycles. The smallest absolute Gasteiger partial charge is 0.263 e. The van der Waals surface area contributed by atoms with Crippen LogP contribution in [-0.4, -0.2) is 28.6 Å². The average Bonchev–Trinajstić information content (AvgIpc) is 3.18. The number of H-pyrrole nitrogens is 1. The maximum Gasteiger partial charge on any atom is 0.263 e. The van der Waals surface area contributed by atoms with Crippen molar-refractivity contribution in [2.45, 2.75) is 4.90 Å². The summed E-state index contributed by atoms with van der Waals surface area (Å²) in [7, 11) is -4.27. The van der Waals surface area contributed by atoms with E-state index in [1.807, 2.05) is 4.72 Å². The molecule has 3 heterocycles. The van der Waals surface area contributed by atoms with Crippen LogP contribution in [0.1, 0.15) is 11.1 Å². The molecule has 2 N–H and O–H groups in total. The van der Waals surface area contributed by atoms with Crippen LogP contribution in [0, 0.1) is 23.5 Å². The van der Waals surface area contributed by atoms with Crippen LogP contribution in [0.25, 0.3) is 11.0 Å². The second-order valence-corrected chi connectivity index (χ2v) is 8.61. The summed E-state index contributed by atoms with van der Waals surface area (Å²) < 4.78 is 56.3. The lowest BCUT2D eigenvalue weighted by atomic mass is 10.1. The molecule has 0 unspecified atom stereocenters. The third-order valence-corrected chi connectivity index (χ3v) is 5.70. The van der Waals surface area contributed by atoms with Gasteiger partial charge >= 0.3 is 0 Å². The van der Waals surface area contributed by atoms with Crippen LogP contribution in [0.4, 0.5) is 14.5 Å². The molecule has 0 bridgehead atoms. The van der Waals surface area contributed by atoms with Crippen molar-refractivity contribution >= 4 is 42.7 Å². The summed E-state index contributed by atoms with van der Waals surface area (Å²) in [6.45, 7) is 0. The number of nitrogens with one attached hydrogen (secondary N) is 2. The summed E-state index contributed by atoms with van der Waals surface area (Å²) in [6.07, 6.45) is 5.48. The van der Waals surface area contributed by atoms with Gasteiger partial charge in [0.05, 0.1) is 11.8 Å². The Morgan fingerprint density at radius 1 is 1.07 bits per heavy atom. The molecule has 7 nitrogen and oxygen atoms in total. The predicted octanol–water partition coefficient (Wildman–Crippen LogP) is 3.59. The molecule has 11 heteroatoms. The zero-order valence-electron chi connectivity index (χ0n) is 14.8. The van der Waals surface area contributed by atoms with E-state index in [1.54, 1.807) is 12.3 Å². The number of halogens is 3. The molecule has 0 atom stereocenters. The summed E-state index contributed by atoms with van der Waals surface area (Å²) >= 11 is 3.10. The maximum atomic E-state index is 14.8. The Balaban J connectivity index is 1.69. The van der Waals surface area contributed by atoms with Crippen LogP contribution in [0.5, 0.6) is 0 Å². The van der Waals surface area contributed by atoms with Crippen molar-refractivity contribution in [3.8, 4) is 11.8 Å². The molecule has 0 aliphatic rings. The van der Waals surface area contributed by atoms with Crippen molar-refractivity contribution < 1.29 is 17.2 Å². The number of fused-ring (bicyclic) bond motifs is 1. The second kappa shape index (κ2) is 7.81. The lowest BCUT2D eigenvalue weighted by Gasteiger charge is -2.11. The molecule has 0 saturated carbocycles.